The number of piperidine rings is 1. The lowest BCUT2D eigenvalue weighted by molar-refractivity contribution is 0.0772. The molecule has 2 fully saturated rings. The number of hydrogen-bond acceptors (Lipinski definition) is 3. The van der Waals surface area contributed by atoms with Gasteiger partial charge in [0.05, 0.1) is 5.56 Å². The Balaban J connectivity index is 0.000000810. The summed E-state index contributed by atoms with van der Waals surface area (Å²) in [6.45, 7) is 3.45. The number of nitrogens with two attached hydrogens (primary N) is 1. The van der Waals surface area contributed by atoms with Crippen LogP contribution >= 0.6 is 24.8 Å². The first-order valence-corrected chi connectivity index (χ1v) is 5.58. The second kappa shape index (κ2) is 5.03. The predicted molar refractivity (Wildman–Crippen MR) is 74.4 cm³/mol. The zero-order valence-electron chi connectivity index (χ0n) is 10.1. The van der Waals surface area contributed by atoms with Gasteiger partial charge in [-0.2, -0.15) is 0 Å². The molecule has 1 aliphatic carbocycles. The van der Waals surface area contributed by atoms with Crippen LogP contribution in [0.4, 0.5) is 0 Å². The average Bonchev–Trinajstić information content (AvgIpc) is 2.76. The lowest BCUT2D eigenvalue weighted by Gasteiger charge is -2.19. The third-order valence-corrected chi connectivity index (χ3v) is 3.61. The number of amides is 1. The smallest absolute Gasteiger partial charge is 0.255 e. The minimum Gasteiger partial charge on any atom is -0.336 e. The van der Waals surface area contributed by atoms with E-state index in [-0.39, 0.29) is 36.3 Å². The molecule has 1 aromatic heterocycles. The van der Waals surface area contributed by atoms with E-state index < -0.39 is 0 Å². The van der Waals surface area contributed by atoms with E-state index in [1.54, 1.807) is 12.4 Å². The molecule has 4 nitrogen and oxygen atoms in total. The van der Waals surface area contributed by atoms with E-state index in [4.69, 9.17) is 5.73 Å². The molecule has 1 saturated heterocycles. The van der Waals surface area contributed by atoms with E-state index in [0.29, 0.717) is 18.0 Å². The fourth-order valence-electron chi connectivity index (χ4n) is 2.53. The van der Waals surface area contributed by atoms with Crippen molar-refractivity contribution < 1.29 is 4.79 Å². The Hall–Kier alpha value is -0.840. The molecule has 1 amide bonds. The topological polar surface area (TPSA) is 59.2 Å². The van der Waals surface area contributed by atoms with Crippen LogP contribution in [-0.2, 0) is 0 Å². The molecule has 2 aliphatic rings. The molecule has 3 rings (SSSR count). The number of carbonyl (C=O) groups excluding carboxylic acids is 1. The number of nitrogens with zero attached hydrogens (tertiary/aromatic N) is 2. The van der Waals surface area contributed by atoms with Gasteiger partial charge in [0.1, 0.15) is 0 Å². The molecule has 100 valence electrons. The zero-order valence-corrected chi connectivity index (χ0v) is 11.8. The maximum atomic E-state index is 12.1. The molecule has 0 bridgehead atoms. The van der Waals surface area contributed by atoms with E-state index in [9.17, 15) is 4.79 Å². The van der Waals surface area contributed by atoms with Crippen molar-refractivity contribution in [3.05, 3.63) is 29.6 Å². The lowest BCUT2D eigenvalue weighted by atomic mass is 10.2. The number of halogens is 2. The maximum Gasteiger partial charge on any atom is 0.255 e. The van der Waals surface area contributed by atoms with Gasteiger partial charge in [0, 0.05) is 31.0 Å². The summed E-state index contributed by atoms with van der Waals surface area (Å²) in [5.74, 6) is 0.586. The second-order valence-corrected chi connectivity index (χ2v) is 5.07. The van der Waals surface area contributed by atoms with Gasteiger partial charge in [0.2, 0.25) is 0 Å². The van der Waals surface area contributed by atoms with Gasteiger partial charge in [-0.3, -0.25) is 9.78 Å². The third-order valence-electron chi connectivity index (χ3n) is 3.61. The third kappa shape index (κ3) is 2.46. The SMILES string of the molecule is Cc1cncc(C(=O)N2CC3CC3(N)C2)c1.Cl.Cl. The van der Waals surface area contributed by atoms with Gasteiger partial charge >= 0.3 is 0 Å². The zero-order chi connectivity index (χ0) is 11.3. The predicted octanol–water partition coefficient (Wildman–Crippen LogP) is 1.41. The molecule has 0 spiro atoms. The number of hydrogen-bond donors (Lipinski definition) is 1. The van der Waals surface area contributed by atoms with E-state index >= 15 is 0 Å². The van der Waals surface area contributed by atoms with Gasteiger partial charge in [0.25, 0.3) is 5.91 Å². The van der Waals surface area contributed by atoms with Gasteiger partial charge in [0.15, 0.2) is 0 Å². The minimum absolute atomic E-state index is 0. The molecular formula is C12H17Cl2N3O. The quantitative estimate of drug-likeness (QED) is 0.850. The van der Waals surface area contributed by atoms with Crippen LogP contribution in [0.1, 0.15) is 22.3 Å². The molecule has 1 aliphatic heterocycles. The molecule has 18 heavy (non-hydrogen) atoms. The van der Waals surface area contributed by atoms with Crippen molar-refractivity contribution >= 4 is 30.7 Å². The molecule has 2 unspecified atom stereocenters. The normalized spacial score (nSPS) is 27.9. The highest BCUT2D eigenvalue weighted by Crippen LogP contribution is 2.47. The first-order valence-electron chi connectivity index (χ1n) is 5.58. The molecule has 1 saturated carbocycles. The number of rotatable bonds is 1. The second-order valence-electron chi connectivity index (χ2n) is 5.07. The molecular weight excluding hydrogens is 273 g/mol. The molecule has 2 heterocycles. The Morgan fingerprint density at radius 1 is 1.50 bits per heavy atom. The number of likely N-dealkylation sites (tertiary alicyclic amines) is 1. The summed E-state index contributed by atoms with van der Waals surface area (Å²) in [6.07, 6.45) is 4.45. The van der Waals surface area contributed by atoms with Crippen molar-refractivity contribution in [3.8, 4) is 0 Å². The summed E-state index contributed by atoms with van der Waals surface area (Å²) in [4.78, 5) is 18.0. The van der Waals surface area contributed by atoms with Crippen LogP contribution in [0.25, 0.3) is 0 Å². The number of pyridine rings is 1. The van der Waals surface area contributed by atoms with Crippen LogP contribution in [0, 0.1) is 12.8 Å². The Labute approximate surface area is 119 Å². The van der Waals surface area contributed by atoms with E-state index in [1.165, 1.54) is 0 Å². The summed E-state index contributed by atoms with van der Waals surface area (Å²) in [6, 6.07) is 1.88. The van der Waals surface area contributed by atoms with Gasteiger partial charge in [-0.25, -0.2) is 0 Å². The number of carbonyl (C=O) groups is 1. The monoisotopic (exact) mass is 289 g/mol. The van der Waals surface area contributed by atoms with E-state index in [2.05, 4.69) is 4.98 Å². The molecule has 0 aromatic carbocycles. The van der Waals surface area contributed by atoms with Crippen molar-refractivity contribution in [3.63, 3.8) is 0 Å². The molecule has 2 N–H and O–H groups in total. The van der Waals surface area contributed by atoms with Crippen LogP contribution in [0.2, 0.25) is 0 Å². The van der Waals surface area contributed by atoms with Crippen LogP contribution in [-0.4, -0.2) is 34.4 Å². The van der Waals surface area contributed by atoms with Crippen LogP contribution in [0.15, 0.2) is 18.5 Å². The minimum atomic E-state index is -0.0765. The Morgan fingerprint density at radius 3 is 2.78 bits per heavy atom. The van der Waals surface area contributed by atoms with Crippen LogP contribution < -0.4 is 5.73 Å². The van der Waals surface area contributed by atoms with Gasteiger partial charge in [-0.15, -0.1) is 24.8 Å². The Bertz CT molecular complexity index is 468. The summed E-state index contributed by atoms with van der Waals surface area (Å²) >= 11 is 0. The largest absolute Gasteiger partial charge is 0.336 e. The summed E-state index contributed by atoms with van der Waals surface area (Å²) in [7, 11) is 0. The van der Waals surface area contributed by atoms with Crippen molar-refractivity contribution in [1.82, 2.24) is 9.88 Å². The number of aryl methyl sites for hydroxylation is 1. The molecule has 6 heteroatoms. The summed E-state index contributed by atoms with van der Waals surface area (Å²) < 4.78 is 0. The van der Waals surface area contributed by atoms with E-state index in [1.807, 2.05) is 17.9 Å². The van der Waals surface area contributed by atoms with Gasteiger partial charge < -0.3 is 10.6 Å². The van der Waals surface area contributed by atoms with Crippen LogP contribution in [0.5, 0.6) is 0 Å². The highest BCUT2D eigenvalue weighted by Gasteiger charge is 2.58. The van der Waals surface area contributed by atoms with Crippen molar-refractivity contribution in [1.29, 1.82) is 0 Å². The molecule has 0 radical (unpaired) electrons. The summed E-state index contributed by atoms with van der Waals surface area (Å²) in [5, 5.41) is 0. The average molecular weight is 290 g/mol. The number of fused-ring (bicyclic) bond motifs is 1. The first kappa shape index (κ1) is 15.2. The molecule has 2 atom stereocenters. The summed E-state index contributed by atoms with van der Waals surface area (Å²) in [5.41, 5.74) is 7.68. The van der Waals surface area contributed by atoms with Crippen molar-refractivity contribution in [2.75, 3.05) is 13.1 Å². The van der Waals surface area contributed by atoms with Gasteiger partial charge in [-0.05, 0) is 30.9 Å². The first-order chi connectivity index (χ1) is 7.58. The fraction of sp³-hybridized carbons (Fsp3) is 0.500. The number of aromatic nitrogens is 1. The van der Waals surface area contributed by atoms with Gasteiger partial charge in [-0.1, -0.05) is 0 Å². The fourth-order valence-corrected chi connectivity index (χ4v) is 2.53. The Kier molecular flexibility index (Phi) is 4.26. The highest BCUT2D eigenvalue weighted by molar-refractivity contribution is 5.94. The standard InChI is InChI=1S/C12H15N3O.2ClH/c1-8-2-9(5-14-4-8)11(16)15-6-10-3-12(10,13)7-15;;/h2,4-5,10H,3,6-7,13H2,1H3;2*1H. The highest BCUT2D eigenvalue weighted by atomic mass is 35.5. The Morgan fingerprint density at radius 2 is 2.22 bits per heavy atom. The lowest BCUT2D eigenvalue weighted by Crippen LogP contribution is -2.37. The maximum absolute atomic E-state index is 12.1. The van der Waals surface area contributed by atoms with Crippen molar-refractivity contribution in [2.24, 2.45) is 11.7 Å². The van der Waals surface area contributed by atoms with E-state index in [0.717, 1.165) is 18.5 Å². The van der Waals surface area contributed by atoms with Crippen LogP contribution in [0.3, 0.4) is 0 Å². The van der Waals surface area contributed by atoms with Crippen molar-refractivity contribution in [2.45, 2.75) is 18.9 Å². The molecule has 1 aromatic rings.